The lowest BCUT2D eigenvalue weighted by Crippen LogP contribution is -2.30. The van der Waals surface area contributed by atoms with Gasteiger partial charge < -0.3 is 0 Å². The maximum atomic E-state index is 2.51. The van der Waals surface area contributed by atoms with Gasteiger partial charge in [-0.3, -0.25) is 0 Å². The fraction of sp³-hybridized carbons (Fsp3) is 1.00. The molecule has 21 heavy (non-hydrogen) atoms. The number of hydrogen-bond acceptors (Lipinski definition) is 1. The molecule has 0 saturated heterocycles. The number of rotatable bonds is 12. The molecule has 0 aliphatic heterocycles. The summed E-state index contributed by atoms with van der Waals surface area (Å²) in [5.41, 5.74) is 0. The highest BCUT2D eigenvalue weighted by Gasteiger charge is 2.33. The Labute approximate surface area is 140 Å². The predicted octanol–water partition coefficient (Wildman–Crippen LogP) is 7.71. The molecule has 128 valence electrons. The van der Waals surface area contributed by atoms with Crippen molar-refractivity contribution in [1.29, 1.82) is 0 Å². The van der Waals surface area contributed by atoms with E-state index in [4.69, 9.17) is 0 Å². The lowest BCUT2D eigenvalue weighted by Gasteiger charge is -2.39. The summed E-state index contributed by atoms with van der Waals surface area (Å²) >= 11 is 2.30. The molecule has 0 rings (SSSR count). The zero-order chi connectivity index (χ0) is 16.5. The van der Waals surface area contributed by atoms with Crippen LogP contribution in [0.1, 0.15) is 107 Å². The number of thioether (sulfide) groups is 1. The van der Waals surface area contributed by atoms with Crippen molar-refractivity contribution in [3.63, 3.8) is 0 Å². The Balaban J connectivity index is 4.48. The number of hydrogen-bond donors (Lipinski definition) is 0. The second kappa shape index (κ2) is 10.2. The quantitative estimate of drug-likeness (QED) is 0.355. The third-order valence-corrected chi connectivity index (χ3v) is 6.93. The van der Waals surface area contributed by atoms with Crippen molar-refractivity contribution in [2.45, 2.75) is 116 Å². The van der Waals surface area contributed by atoms with Gasteiger partial charge in [-0.05, 0) is 37.5 Å². The summed E-state index contributed by atoms with van der Waals surface area (Å²) in [4.78, 5) is 0. The molecule has 0 aromatic rings. The van der Waals surface area contributed by atoms with Gasteiger partial charge in [0.1, 0.15) is 0 Å². The molecular formula is C20H42S. The van der Waals surface area contributed by atoms with Gasteiger partial charge in [-0.25, -0.2) is 0 Å². The van der Waals surface area contributed by atoms with Gasteiger partial charge in [0.25, 0.3) is 0 Å². The van der Waals surface area contributed by atoms with Crippen LogP contribution < -0.4 is 0 Å². The molecule has 0 heterocycles. The Morgan fingerprint density at radius 3 is 1.29 bits per heavy atom. The van der Waals surface area contributed by atoms with E-state index in [-0.39, 0.29) is 0 Å². The van der Waals surface area contributed by atoms with Crippen molar-refractivity contribution in [2.75, 3.05) is 0 Å². The van der Waals surface area contributed by atoms with E-state index in [0.717, 1.165) is 11.8 Å². The van der Waals surface area contributed by atoms with Crippen LogP contribution in [-0.4, -0.2) is 9.49 Å². The van der Waals surface area contributed by atoms with Crippen LogP contribution in [0, 0.1) is 11.8 Å². The molecule has 0 spiro atoms. The molecule has 0 bridgehead atoms. The maximum absolute atomic E-state index is 2.51. The molecule has 0 saturated carbocycles. The minimum absolute atomic E-state index is 0.470. The molecule has 0 aromatic carbocycles. The average molecular weight is 315 g/mol. The molecular weight excluding hydrogens is 272 g/mol. The lowest BCUT2D eigenvalue weighted by atomic mass is 9.96. The van der Waals surface area contributed by atoms with Gasteiger partial charge in [0.15, 0.2) is 0 Å². The second-order valence-corrected chi connectivity index (χ2v) is 10.5. The largest absolute Gasteiger partial charge is 0.149 e. The lowest BCUT2D eigenvalue weighted by molar-refractivity contribution is 0.453. The molecule has 1 heteroatoms. The highest BCUT2D eigenvalue weighted by molar-refractivity contribution is 8.01. The van der Waals surface area contributed by atoms with Crippen molar-refractivity contribution >= 4 is 11.8 Å². The molecule has 0 amide bonds. The Kier molecular flexibility index (Phi) is 10.4. The van der Waals surface area contributed by atoms with Crippen molar-refractivity contribution < 1.29 is 0 Å². The summed E-state index contributed by atoms with van der Waals surface area (Å²) in [6.45, 7) is 19.2. The van der Waals surface area contributed by atoms with Crippen molar-refractivity contribution in [3.05, 3.63) is 0 Å². The van der Waals surface area contributed by atoms with Crippen LogP contribution in [0.15, 0.2) is 0 Å². The average Bonchev–Trinajstić information content (AvgIpc) is 2.37. The summed E-state index contributed by atoms with van der Waals surface area (Å²) in [6, 6.07) is 0. The van der Waals surface area contributed by atoms with E-state index >= 15 is 0 Å². The van der Waals surface area contributed by atoms with Crippen LogP contribution in [0.4, 0.5) is 0 Å². The first-order chi connectivity index (χ1) is 9.66. The Morgan fingerprint density at radius 1 is 0.714 bits per heavy atom. The van der Waals surface area contributed by atoms with E-state index in [1.165, 1.54) is 51.4 Å². The molecule has 0 radical (unpaired) electrons. The first kappa shape index (κ1) is 21.4. The first-order valence-electron chi connectivity index (χ1n) is 9.36. The fourth-order valence-corrected chi connectivity index (χ4v) is 4.93. The summed E-state index contributed by atoms with van der Waals surface area (Å²) in [5.74, 6) is 1.69. The molecule has 0 aliphatic carbocycles. The monoisotopic (exact) mass is 314 g/mol. The van der Waals surface area contributed by atoms with Gasteiger partial charge in [0.2, 0.25) is 0 Å². The molecule has 0 fully saturated rings. The van der Waals surface area contributed by atoms with Crippen LogP contribution in [-0.2, 0) is 0 Å². The Bertz CT molecular complexity index is 233. The van der Waals surface area contributed by atoms with Crippen LogP contribution in [0.2, 0.25) is 0 Å². The maximum Gasteiger partial charge on any atom is 0.0134 e. The molecule has 2 atom stereocenters. The van der Waals surface area contributed by atoms with E-state index in [2.05, 4.69) is 67.2 Å². The van der Waals surface area contributed by atoms with E-state index in [9.17, 15) is 0 Å². The van der Waals surface area contributed by atoms with Crippen molar-refractivity contribution in [2.24, 2.45) is 11.8 Å². The molecule has 0 aromatic heterocycles. The molecule has 0 aliphatic rings. The van der Waals surface area contributed by atoms with Gasteiger partial charge in [0.05, 0.1) is 0 Å². The van der Waals surface area contributed by atoms with Crippen molar-refractivity contribution in [3.8, 4) is 0 Å². The smallest absolute Gasteiger partial charge is 0.0134 e. The van der Waals surface area contributed by atoms with Crippen LogP contribution in [0.5, 0.6) is 0 Å². The topological polar surface area (TPSA) is 0 Å². The van der Waals surface area contributed by atoms with Gasteiger partial charge >= 0.3 is 0 Å². The standard InChI is InChI=1S/C20H42S/c1-9-19(7,15-11-13-17(3)4)21-20(8,10-2)16-12-14-18(5)6/h17-18H,9-16H2,1-8H3. The van der Waals surface area contributed by atoms with Crippen molar-refractivity contribution in [1.82, 2.24) is 0 Å². The minimum atomic E-state index is 0.470. The third kappa shape index (κ3) is 9.87. The third-order valence-electron chi connectivity index (χ3n) is 4.96. The normalized spacial score (nSPS) is 18.0. The highest BCUT2D eigenvalue weighted by atomic mass is 32.2. The van der Waals surface area contributed by atoms with E-state index < -0.39 is 0 Å². The Hall–Kier alpha value is 0.350. The summed E-state index contributed by atoms with van der Waals surface area (Å²) < 4.78 is 0.939. The van der Waals surface area contributed by atoms with E-state index in [0.29, 0.717) is 9.49 Å². The van der Waals surface area contributed by atoms with Crippen LogP contribution in [0.25, 0.3) is 0 Å². The van der Waals surface area contributed by atoms with Gasteiger partial charge in [-0.2, -0.15) is 0 Å². The zero-order valence-electron chi connectivity index (χ0n) is 16.2. The predicted molar refractivity (Wildman–Crippen MR) is 102 cm³/mol. The zero-order valence-corrected chi connectivity index (χ0v) is 17.0. The van der Waals surface area contributed by atoms with Gasteiger partial charge in [-0.15, -0.1) is 11.8 Å². The summed E-state index contributed by atoms with van der Waals surface area (Å²) in [5, 5.41) is 0. The van der Waals surface area contributed by atoms with Crippen LogP contribution >= 0.6 is 11.8 Å². The summed E-state index contributed by atoms with van der Waals surface area (Å²) in [6.07, 6.45) is 10.9. The second-order valence-electron chi connectivity index (χ2n) is 8.28. The first-order valence-corrected chi connectivity index (χ1v) is 10.2. The van der Waals surface area contributed by atoms with Gasteiger partial charge in [0, 0.05) is 9.49 Å². The molecule has 0 nitrogen and oxygen atoms in total. The SMILES string of the molecule is CCC(C)(CCCC(C)C)SC(C)(CC)CCCC(C)C. The Morgan fingerprint density at radius 2 is 1.05 bits per heavy atom. The minimum Gasteiger partial charge on any atom is -0.149 e. The van der Waals surface area contributed by atoms with Gasteiger partial charge in [-0.1, -0.05) is 81.1 Å². The summed E-state index contributed by atoms with van der Waals surface area (Å²) in [7, 11) is 0. The fourth-order valence-electron chi connectivity index (χ4n) is 2.96. The van der Waals surface area contributed by atoms with Crippen LogP contribution in [0.3, 0.4) is 0 Å². The molecule has 2 unspecified atom stereocenters. The van der Waals surface area contributed by atoms with E-state index in [1.54, 1.807) is 0 Å². The highest BCUT2D eigenvalue weighted by Crippen LogP contribution is 2.46. The van der Waals surface area contributed by atoms with E-state index in [1.807, 2.05) is 0 Å². The molecule has 0 N–H and O–H groups in total.